The van der Waals surface area contributed by atoms with E-state index in [0.29, 0.717) is 11.3 Å². The number of likely N-dealkylation sites (N-methyl/N-ethyl adjacent to an activating group) is 1. The van der Waals surface area contributed by atoms with Crippen LogP contribution in [-0.4, -0.2) is 26.0 Å². The second-order valence-electron chi connectivity index (χ2n) is 4.87. The van der Waals surface area contributed by atoms with Gasteiger partial charge in [-0.1, -0.05) is 28.1 Å². The molecule has 0 spiro atoms. The van der Waals surface area contributed by atoms with E-state index in [4.69, 9.17) is 4.74 Å². The maximum Gasteiger partial charge on any atom is 0.267 e. The zero-order valence-corrected chi connectivity index (χ0v) is 14.9. The Labute approximate surface area is 148 Å². The highest BCUT2D eigenvalue weighted by molar-refractivity contribution is 9.10. The van der Waals surface area contributed by atoms with E-state index >= 15 is 0 Å². The van der Waals surface area contributed by atoms with Crippen molar-refractivity contribution < 1.29 is 14.3 Å². The Balaban J connectivity index is 2.24. The number of ether oxygens (including phenoxy) is 1. The van der Waals surface area contributed by atoms with Crippen LogP contribution in [0.25, 0.3) is 6.08 Å². The molecule has 0 bridgehead atoms. The summed E-state index contributed by atoms with van der Waals surface area (Å²) >= 11 is 3.32. The van der Waals surface area contributed by atoms with Gasteiger partial charge >= 0.3 is 0 Å². The number of hydrogen-bond acceptors (Lipinski definition) is 3. The van der Waals surface area contributed by atoms with Gasteiger partial charge in [0.1, 0.15) is 11.4 Å². The number of rotatable bonds is 5. The number of amides is 2. The summed E-state index contributed by atoms with van der Waals surface area (Å²) in [5, 5.41) is 5.16. The van der Waals surface area contributed by atoms with E-state index in [-0.39, 0.29) is 17.5 Å². The van der Waals surface area contributed by atoms with Crippen LogP contribution in [0.5, 0.6) is 5.75 Å². The van der Waals surface area contributed by atoms with Gasteiger partial charge in [-0.25, -0.2) is 0 Å². The van der Waals surface area contributed by atoms with Crippen molar-refractivity contribution in [1.82, 2.24) is 10.6 Å². The molecule has 0 radical (unpaired) electrons. The monoisotopic (exact) mass is 388 g/mol. The Morgan fingerprint density at radius 1 is 1.04 bits per heavy atom. The van der Waals surface area contributed by atoms with Crippen molar-refractivity contribution in [2.24, 2.45) is 0 Å². The minimum atomic E-state index is -0.378. The lowest BCUT2D eigenvalue weighted by Crippen LogP contribution is -2.33. The topological polar surface area (TPSA) is 67.4 Å². The number of carbonyl (C=O) groups is 2. The third-order valence-corrected chi connectivity index (χ3v) is 3.78. The molecule has 5 nitrogen and oxygen atoms in total. The first kappa shape index (κ1) is 17.7. The van der Waals surface area contributed by atoms with Gasteiger partial charge in [0.15, 0.2) is 0 Å². The maximum absolute atomic E-state index is 12.3. The van der Waals surface area contributed by atoms with Crippen LogP contribution >= 0.6 is 15.9 Å². The van der Waals surface area contributed by atoms with Crippen LogP contribution in [0.1, 0.15) is 15.9 Å². The lowest BCUT2D eigenvalue weighted by Gasteiger charge is -2.09. The highest BCUT2D eigenvalue weighted by Crippen LogP contribution is 2.14. The van der Waals surface area contributed by atoms with Crippen LogP contribution in [-0.2, 0) is 4.79 Å². The second-order valence-corrected chi connectivity index (χ2v) is 5.79. The molecule has 2 aromatic rings. The number of nitrogens with one attached hydrogen (secondary N) is 2. The second kappa shape index (κ2) is 8.31. The van der Waals surface area contributed by atoms with E-state index in [2.05, 4.69) is 26.6 Å². The average molecular weight is 389 g/mol. The molecular formula is C18H17BrN2O3. The fourth-order valence-electron chi connectivity index (χ4n) is 1.96. The Morgan fingerprint density at radius 2 is 1.67 bits per heavy atom. The molecule has 124 valence electrons. The summed E-state index contributed by atoms with van der Waals surface area (Å²) in [5.41, 5.74) is 1.39. The van der Waals surface area contributed by atoms with E-state index in [0.717, 1.165) is 10.0 Å². The molecule has 0 unspecified atom stereocenters. The van der Waals surface area contributed by atoms with Gasteiger partial charge in [0.25, 0.3) is 11.8 Å². The molecular weight excluding hydrogens is 372 g/mol. The predicted molar refractivity (Wildman–Crippen MR) is 96.6 cm³/mol. The SMILES string of the molecule is CNC(=O)/C(=C\c1ccc(OC)cc1)NC(=O)c1ccc(Br)cc1. The summed E-state index contributed by atoms with van der Waals surface area (Å²) < 4.78 is 5.98. The standard InChI is InChI=1S/C18H17BrN2O3/c1-20-18(23)16(11-12-3-9-15(24-2)10-4-12)21-17(22)13-5-7-14(19)8-6-13/h3-11H,1-2H3,(H,20,23)(H,21,22)/b16-11+. The van der Waals surface area contributed by atoms with Gasteiger partial charge in [-0.3, -0.25) is 9.59 Å². The molecule has 0 saturated carbocycles. The molecule has 0 aliphatic rings. The largest absolute Gasteiger partial charge is 0.497 e. The number of benzene rings is 2. The predicted octanol–water partition coefficient (Wildman–Crippen LogP) is 2.97. The molecule has 0 aliphatic heterocycles. The first-order valence-electron chi connectivity index (χ1n) is 7.18. The summed E-state index contributed by atoms with van der Waals surface area (Å²) in [7, 11) is 3.09. The Kier molecular flexibility index (Phi) is 6.14. The van der Waals surface area contributed by atoms with Gasteiger partial charge in [0.2, 0.25) is 0 Å². The minimum absolute atomic E-state index is 0.163. The van der Waals surface area contributed by atoms with Gasteiger partial charge < -0.3 is 15.4 Å². The highest BCUT2D eigenvalue weighted by Gasteiger charge is 2.13. The van der Waals surface area contributed by atoms with Crippen molar-refractivity contribution in [3.05, 3.63) is 69.8 Å². The molecule has 2 N–H and O–H groups in total. The quantitative estimate of drug-likeness (QED) is 0.773. The highest BCUT2D eigenvalue weighted by atomic mass is 79.9. The fourth-order valence-corrected chi connectivity index (χ4v) is 2.22. The Hall–Kier alpha value is -2.60. The molecule has 0 heterocycles. The molecule has 24 heavy (non-hydrogen) atoms. The smallest absolute Gasteiger partial charge is 0.267 e. The lowest BCUT2D eigenvalue weighted by molar-refractivity contribution is -0.117. The number of methoxy groups -OCH3 is 1. The molecule has 2 amide bonds. The van der Waals surface area contributed by atoms with Crippen LogP contribution in [0.3, 0.4) is 0 Å². The molecule has 2 aromatic carbocycles. The summed E-state index contributed by atoms with van der Waals surface area (Å²) in [6.45, 7) is 0. The van der Waals surface area contributed by atoms with E-state index in [1.54, 1.807) is 61.7 Å². The van der Waals surface area contributed by atoms with Crippen molar-refractivity contribution in [2.75, 3.05) is 14.2 Å². The molecule has 0 fully saturated rings. The zero-order valence-electron chi connectivity index (χ0n) is 13.3. The number of halogens is 1. The van der Waals surface area contributed by atoms with E-state index in [1.807, 2.05) is 0 Å². The fraction of sp³-hybridized carbons (Fsp3) is 0.111. The maximum atomic E-state index is 12.3. The zero-order chi connectivity index (χ0) is 17.5. The molecule has 0 atom stereocenters. The molecule has 0 aromatic heterocycles. The van der Waals surface area contributed by atoms with Crippen LogP contribution in [0, 0.1) is 0 Å². The Bertz CT molecular complexity index is 753. The van der Waals surface area contributed by atoms with E-state index in [1.165, 1.54) is 7.05 Å². The van der Waals surface area contributed by atoms with Crippen LogP contribution < -0.4 is 15.4 Å². The van der Waals surface area contributed by atoms with Crippen molar-refractivity contribution in [1.29, 1.82) is 0 Å². The average Bonchev–Trinajstić information content (AvgIpc) is 2.61. The molecule has 0 saturated heterocycles. The van der Waals surface area contributed by atoms with Gasteiger partial charge in [-0.2, -0.15) is 0 Å². The molecule has 6 heteroatoms. The van der Waals surface area contributed by atoms with Crippen LogP contribution in [0.2, 0.25) is 0 Å². The van der Waals surface area contributed by atoms with E-state index in [9.17, 15) is 9.59 Å². The summed E-state index contributed by atoms with van der Waals surface area (Å²) in [6.07, 6.45) is 1.61. The van der Waals surface area contributed by atoms with E-state index < -0.39 is 0 Å². The van der Waals surface area contributed by atoms with Gasteiger partial charge in [-0.15, -0.1) is 0 Å². The summed E-state index contributed by atoms with van der Waals surface area (Å²) in [6, 6.07) is 14.0. The number of carbonyl (C=O) groups excluding carboxylic acids is 2. The van der Waals surface area contributed by atoms with Gasteiger partial charge in [0.05, 0.1) is 7.11 Å². The molecule has 2 rings (SSSR count). The van der Waals surface area contributed by atoms with Gasteiger partial charge in [0, 0.05) is 17.1 Å². The lowest BCUT2D eigenvalue weighted by atomic mass is 10.1. The van der Waals surface area contributed by atoms with Crippen molar-refractivity contribution in [3.8, 4) is 5.75 Å². The summed E-state index contributed by atoms with van der Waals surface area (Å²) in [4.78, 5) is 24.3. The first-order valence-corrected chi connectivity index (χ1v) is 7.97. The molecule has 0 aliphatic carbocycles. The number of hydrogen-bond donors (Lipinski definition) is 2. The van der Waals surface area contributed by atoms with Crippen molar-refractivity contribution in [2.45, 2.75) is 0 Å². The van der Waals surface area contributed by atoms with Crippen LogP contribution in [0.4, 0.5) is 0 Å². The third kappa shape index (κ3) is 4.70. The normalized spacial score (nSPS) is 10.9. The third-order valence-electron chi connectivity index (χ3n) is 3.25. The summed E-state index contributed by atoms with van der Waals surface area (Å²) in [5.74, 6) is -0.0188. The van der Waals surface area contributed by atoms with Crippen molar-refractivity contribution >= 4 is 33.8 Å². The van der Waals surface area contributed by atoms with Crippen LogP contribution in [0.15, 0.2) is 58.7 Å². The van der Waals surface area contributed by atoms with Gasteiger partial charge in [-0.05, 0) is 48.0 Å². The van der Waals surface area contributed by atoms with Crippen molar-refractivity contribution in [3.63, 3.8) is 0 Å². The minimum Gasteiger partial charge on any atom is -0.497 e. The first-order chi connectivity index (χ1) is 11.5. The Morgan fingerprint density at radius 3 is 2.21 bits per heavy atom.